The molecule has 0 aliphatic rings. The van der Waals surface area contributed by atoms with Gasteiger partial charge in [-0.25, -0.2) is 0 Å². The zero-order valence-electron chi connectivity index (χ0n) is 30.3. The number of benzene rings is 8. The van der Waals surface area contributed by atoms with Crippen molar-refractivity contribution in [2.45, 2.75) is 6.92 Å². The van der Waals surface area contributed by atoms with E-state index in [2.05, 4.69) is 100 Å². The minimum absolute atomic E-state index is 0.0357. The smallest absolute Gasteiger partial charge is 0.201 e. The Kier molecular flexibility index (Phi) is 8.32. The van der Waals surface area contributed by atoms with Crippen LogP contribution in [0, 0.1) is 6.92 Å². The molecule has 0 saturated carbocycles. The zero-order chi connectivity index (χ0) is 38.5. The van der Waals surface area contributed by atoms with Crippen LogP contribution in [0.5, 0.6) is 28.7 Å². The number of fused-ring (bicyclic) bond motifs is 3. The van der Waals surface area contributed by atoms with E-state index in [0.717, 1.165) is 66.8 Å². The van der Waals surface area contributed by atoms with Crippen molar-refractivity contribution in [3.05, 3.63) is 175 Å². The molecule has 0 radical (unpaired) electrons. The van der Waals surface area contributed by atoms with Crippen LogP contribution in [0.3, 0.4) is 0 Å². The largest absolute Gasteiger partial charge is 0.508 e. The number of phenolic OH excluding ortho intramolecular Hbond substituents is 5. The van der Waals surface area contributed by atoms with Gasteiger partial charge < -0.3 is 35.0 Å². The van der Waals surface area contributed by atoms with Gasteiger partial charge in [0.25, 0.3) is 0 Å². The summed E-state index contributed by atoms with van der Waals surface area (Å²) in [6.45, 7) is 1.48. The number of anilines is 3. The van der Waals surface area contributed by atoms with Gasteiger partial charge in [-0.3, -0.25) is 0 Å². The molecule has 272 valence electrons. The summed E-state index contributed by atoms with van der Waals surface area (Å²) in [5.74, 6) is -1.95. The molecule has 56 heavy (non-hydrogen) atoms. The Morgan fingerprint density at radius 1 is 0.393 bits per heavy atom. The van der Waals surface area contributed by atoms with Crippen molar-refractivity contribution >= 4 is 38.9 Å². The molecule has 0 aliphatic carbocycles. The predicted octanol–water partition coefficient (Wildman–Crippen LogP) is 12.1. The Morgan fingerprint density at radius 2 is 0.857 bits per heavy atom. The molecule has 7 heteroatoms. The first-order valence-corrected chi connectivity index (χ1v) is 18.2. The summed E-state index contributed by atoms with van der Waals surface area (Å²) in [5, 5.41) is 54.8. The van der Waals surface area contributed by atoms with Crippen molar-refractivity contribution in [1.29, 1.82) is 0 Å². The second-order valence-corrected chi connectivity index (χ2v) is 13.8. The highest BCUT2D eigenvalue weighted by Crippen LogP contribution is 2.51. The lowest BCUT2D eigenvalue weighted by atomic mass is 9.97. The molecule has 5 N–H and O–H groups in total. The highest BCUT2D eigenvalue weighted by Gasteiger charge is 2.24. The average Bonchev–Trinajstić information content (AvgIpc) is 3.57. The molecule has 1 aromatic heterocycles. The van der Waals surface area contributed by atoms with Gasteiger partial charge in [0, 0.05) is 39.1 Å². The number of hydrogen-bond acceptors (Lipinski definition) is 6. The molecule has 7 nitrogen and oxygen atoms in total. The van der Waals surface area contributed by atoms with Crippen molar-refractivity contribution in [2.24, 2.45) is 0 Å². The lowest BCUT2D eigenvalue weighted by Gasteiger charge is -2.25. The van der Waals surface area contributed by atoms with E-state index in [-0.39, 0.29) is 22.6 Å². The summed E-state index contributed by atoms with van der Waals surface area (Å²) < 4.78 is 2.17. The third-order valence-electron chi connectivity index (χ3n) is 10.5. The third-order valence-corrected chi connectivity index (χ3v) is 10.5. The maximum atomic E-state index is 11.1. The Labute approximate surface area is 323 Å². The van der Waals surface area contributed by atoms with Crippen LogP contribution in [0.15, 0.2) is 170 Å². The molecular formula is C49H36N2O5. The molecule has 0 aliphatic heterocycles. The molecule has 8 aromatic carbocycles. The number of hydrogen-bond donors (Lipinski definition) is 5. The van der Waals surface area contributed by atoms with E-state index in [1.54, 1.807) is 18.2 Å². The number of aromatic hydroxyl groups is 5. The number of para-hydroxylation sites is 1. The third kappa shape index (κ3) is 5.79. The molecule has 9 aromatic rings. The van der Waals surface area contributed by atoms with Gasteiger partial charge in [0.05, 0.1) is 16.6 Å². The van der Waals surface area contributed by atoms with E-state index in [4.69, 9.17) is 0 Å². The first-order valence-electron chi connectivity index (χ1n) is 18.2. The Morgan fingerprint density at radius 3 is 1.48 bits per heavy atom. The average molecular weight is 733 g/mol. The van der Waals surface area contributed by atoms with Crippen molar-refractivity contribution in [1.82, 2.24) is 4.57 Å². The van der Waals surface area contributed by atoms with Crippen LogP contribution in [-0.2, 0) is 0 Å². The second kappa shape index (κ2) is 13.6. The first kappa shape index (κ1) is 34.1. The molecule has 0 fully saturated rings. The SMILES string of the molecule is Cc1c(O)c(O)c(O)c(-c2ccc3c4ccc(-c5ccc(N(c6ccccc6)c6ccc(O)cc6)cc5)cc4n(-c4ccc(-c5ccccc5)cc4)c3c2)c1O. The second-order valence-electron chi connectivity index (χ2n) is 13.8. The molecular weight excluding hydrogens is 697 g/mol. The van der Waals surface area contributed by atoms with Crippen molar-refractivity contribution < 1.29 is 25.5 Å². The lowest BCUT2D eigenvalue weighted by Crippen LogP contribution is -2.09. The Hall–Kier alpha value is -7.64. The Balaban J connectivity index is 1.20. The van der Waals surface area contributed by atoms with E-state index in [1.807, 2.05) is 60.7 Å². The van der Waals surface area contributed by atoms with Gasteiger partial charge in [-0.2, -0.15) is 0 Å². The van der Waals surface area contributed by atoms with E-state index < -0.39 is 17.2 Å². The van der Waals surface area contributed by atoms with Crippen LogP contribution in [0.25, 0.3) is 60.9 Å². The highest BCUT2D eigenvalue weighted by molar-refractivity contribution is 6.11. The lowest BCUT2D eigenvalue weighted by molar-refractivity contribution is 0.360. The minimum atomic E-state index is -0.682. The van der Waals surface area contributed by atoms with Gasteiger partial charge in [-0.1, -0.05) is 97.1 Å². The molecule has 0 atom stereocenters. The monoisotopic (exact) mass is 732 g/mol. The molecule has 1 heterocycles. The predicted molar refractivity (Wildman–Crippen MR) is 225 cm³/mol. The standard InChI is InChI=1S/C49H36N2O5/c1-30-46(53)45(48(55)49(56)47(30)54)35-17-27-42-41-26-16-34(28-43(41)51(44(42)29-35)39-20-12-32(13-21-39)31-8-4-2-5-9-31)33-14-18-37(19-15-33)50(36-10-6-3-7-11-36)38-22-24-40(52)25-23-38/h2-29,52-56H,1H3. The molecule has 0 bridgehead atoms. The van der Waals surface area contributed by atoms with Gasteiger partial charge in [-0.15, -0.1) is 0 Å². The van der Waals surface area contributed by atoms with Crippen LogP contribution >= 0.6 is 0 Å². The van der Waals surface area contributed by atoms with E-state index in [1.165, 1.54) is 6.92 Å². The first-order chi connectivity index (χ1) is 27.3. The Bertz CT molecular complexity index is 2860. The fourth-order valence-corrected chi connectivity index (χ4v) is 7.59. The van der Waals surface area contributed by atoms with Gasteiger partial charge in [0.2, 0.25) is 5.75 Å². The van der Waals surface area contributed by atoms with Crippen LogP contribution in [0.1, 0.15) is 5.56 Å². The van der Waals surface area contributed by atoms with Gasteiger partial charge in [-0.05, 0) is 108 Å². The normalized spacial score (nSPS) is 11.3. The molecule has 0 spiro atoms. The molecule has 0 saturated heterocycles. The number of nitrogens with zero attached hydrogens (tertiary/aromatic N) is 2. The van der Waals surface area contributed by atoms with E-state index >= 15 is 0 Å². The minimum Gasteiger partial charge on any atom is -0.508 e. The van der Waals surface area contributed by atoms with Crippen LogP contribution in [0.2, 0.25) is 0 Å². The number of rotatable bonds is 7. The summed E-state index contributed by atoms with van der Waals surface area (Å²) in [6.07, 6.45) is 0. The van der Waals surface area contributed by atoms with Crippen molar-refractivity contribution in [3.63, 3.8) is 0 Å². The van der Waals surface area contributed by atoms with Crippen molar-refractivity contribution in [3.8, 4) is 67.8 Å². The quantitative estimate of drug-likeness (QED) is 0.0824. The topological polar surface area (TPSA) is 109 Å². The van der Waals surface area contributed by atoms with Crippen LogP contribution in [0.4, 0.5) is 17.1 Å². The molecule has 0 amide bonds. The number of aromatic nitrogens is 1. The van der Waals surface area contributed by atoms with Crippen molar-refractivity contribution in [2.75, 3.05) is 4.90 Å². The van der Waals surface area contributed by atoms with Crippen LogP contribution in [-0.4, -0.2) is 30.1 Å². The summed E-state index contributed by atoms with van der Waals surface area (Å²) in [5.41, 5.74) is 10.4. The van der Waals surface area contributed by atoms with Gasteiger partial charge >= 0.3 is 0 Å². The van der Waals surface area contributed by atoms with Gasteiger partial charge in [0.1, 0.15) is 11.5 Å². The van der Waals surface area contributed by atoms with Crippen LogP contribution < -0.4 is 4.90 Å². The molecule has 0 unspecified atom stereocenters. The summed E-state index contributed by atoms with van der Waals surface area (Å²) in [4.78, 5) is 2.14. The summed E-state index contributed by atoms with van der Waals surface area (Å²) >= 11 is 0. The summed E-state index contributed by atoms with van der Waals surface area (Å²) in [7, 11) is 0. The fourth-order valence-electron chi connectivity index (χ4n) is 7.59. The maximum Gasteiger partial charge on any atom is 0.201 e. The fraction of sp³-hybridized carbons (Fsp3) is 0.0204. The summed E-state index contributed by atoms with van der Waals surface area (Å²) in [6, 6.07) is 56.3. The highest BCUT2D eigenvalue weighted by atomic mass is 16.3. The van der Waals surface area contributed by atoms with E-state index in [0.29, 0.717) is 5.56 Å². The van der Waals surface area contributed by atoms with E-state index in [9.17, 15) is 25.5 Å². The maximum absolute atomic E-state index is 11.1. The number of phenols is 5. The van der Waals surface area contributed by atoms with Gasteiger partial charge in [0.15, 0.2) is 11.5 Å². The molecule has 9 rings (SSSR count). The zero-order valence-corrected chi connectivity index (χ0v) is 30.3.